The fraction of sp³-hybridized carbons (Fsp3) is 0.586. The molecule has 0 saturated carbocycles. The number of fused-ring (bicyclic) bond motifs is 1. The fourth-order valence-electron chi connectivity index (χ4n) is 6.79. The summed E-state index contributed by atoms with van der Waals surface area (Å²) in [7, 11) is 1.82. The SMILES string of the molecule is CNc1ccc(N2C[C@H](CN3CCN(c4ccc(N5CC6(CNCCO6)C5)nc4)CC3)O[C@H](C)C2)c2c(F)cnn12. The van der Waals surface area contributed by atoms with E-state index in [1.54, 1.807) is 4.52 Å². The van der Waals surface area contributed by atoms with E-state index in [1.807, 2.05) is 25.4 Å². The molecule has 4 saturated heterocycles. The van der Waals surface area contributed by atoms with E-state index in [4.69, 9.17) is 14.5 Å². The molecule has 11 nitrogen and oxygen atoms in total. The van der Waals surface area contributed by atoms with Crippen LogP contribution in [0.1, 0.15) is 6.92 Å². The number of halogens is 1. The minimum Gasteiger partial charge on any atom is -0.373 e. The van der Waals surface area contributed by atoms with Gasteiger partial charge in [-0.1, -0.05) is 0 Å². The van der Waals surface area contributed by atoms with E-state index in [0.29, 0.717) is 12.1 Å². The largest absolute Gasteiger partial charge is 0.373 e. The van der Waals surface area contributed by atoms with Crippen molar-refractivity contribution in [2.75, 3.05) is 106 Å². The molecule has 0 bridgehead atoms. The Balaban J connectivity index is 0.938. The van der Waals surface area contributed by atoms with E-state index < -0.39 is 0 Å². The Kier molecular flexibility index (Phi) is 7.10. The van der Waals surface area contributed by atoms with Crippen LogP contribution in [0.4, 0.5) is 27.4 Å². The maximum Gasteiger partial charge on any atom is 0.171 e. The number of rotatable bonds is 6. The summed E-state index contributed by atoms with van der Waals surface area (Å²) in [4.78, 5) is 14.2. The standard InChI is InChI=1S/C29H40FN9O2/c1-21-15-37(25-4-6-26(31-2)39-28(25)24(30)14-34-39)17-23(41-21)16-35-8-10-36(11-9-35)22-3-5-27(33-13-22)38-19-29(20-38)18-32-7-12-40-29/h3-6,13-14,21,23,31-32H,7-12,15-20H2,1-2H3/t21-,23+/m1/s1. The Morgan fingerprint density at radius 3 is 2.63 bits per heavy atom. The number of nitrogens with one attached hydrogen (secondary N) is 2. The van der Waals surface area contributed by atoms with Gasteiger partial charge in [-0.3, -0.25) is 4.90 Å². The molecular formula is C29H40FN9O2. The van der Waals surface area contributed by atoms with Crippen LogP contribution in [0.25, 0.3) is 5.52 Å². The molecule has 0 amide bonds. The second kappa shape index (κ2) is 10.9. The average Bonchev–Trinajstić information content (AvgIpc) is 3.37. The molecule has 7 heterocycles. The lowest BCUT2D eigenvalue weighted by Gasteiger charge is -2.52. The zero-order valence-corrected chi connectivity index (χ0v) is 23.9. The van der Waals surface area contributed by atoms with E-state index in [-0.39, 0.29) is 23.6 Å². The minimum atomic E-state index is -0.309. The van der Waals surface area contributed by atoms with Crippen LogP contribution in [0, 0.1) is 5.82 Å². The van der Waals surface area contributed by atoms with Gasteiger partial charge in [0.15, 0.2) is 5.82 Å². The minimum absolute atomic E-state index is 0.0367. The second-order valence-electron chi connectivity index (χ2n) is 11.8. The van der Waals surface area contributed by atoms with Crippen LogP contribution in [0.3, 0.4) is 0 Å². The number of anilines is 4. The molecule has 41 heavy (non-hydrogen) atoms. The lowest BCUT2D eigenvalue weighted by Crippen LogP contribution is -2.70. The van der Waals surface area contributed by atoms with Crippen molar-refractivity contribution in [3.63, 3.8) is 0 Å². The van der Waals surface area contributed by atoms with Crippen LogP contribution in [0.2, 0.25) is 0 Å². The summed E-state index contributed by atoms with van der Waals surface area (Å²) in [6.07, 6.45) is 3.39. The van der Waals surface area contributed by atoms with Crippen molar-refractivity contribution in [3.8, 4) is 0 Å². The average molecular weight is 566 g/mol. The quantitative estimate of drug-likeness (QED) is 0.459. The van der Waals surface area contributed by atoms with Crippen molar-refractivity contribution < 1.29 is 13.9 Å². The van der Waals surface area contributed by atoms with Gasteiger partial charge in [0.25, 0.3) is 0 Å². The van der Waals surface area contributed by atoms with Crippen molar-refractivity contribution in [2.45, 2.75) is 24.7 Å². The van der Waals surface area contributed by atoms with Crippen molar-refractivity contribution in [1.82, 2.24) is 24.8 Å². The van der Waals surface area contributed by atoms with Crippen molar-refractivity contribution in [2.24, 2.45) is 0 Å². The molecular weight excluding hydrogens is 525 g/mol. The summed E-state index contributed by atoms with van der Waals surface area (Å²) < 4.78 is 28.8. The van der Waals surface area contributed by atoms with Gasteiger partial charge in [0, 0.05) is 66.0 Å². The summed E-state index contributed by atoms with van der Waals surface area (Å²) in [5.74, 6) is 1.47. The Morgan fingerprint density at radius 1 is 1.05 bits per heavy atom. The monoisotopic (exact) mass is 565 g/mol. The van der Waals surface area contributed by atoms with E-state index >= 15 is 0 Å². The Morgan fingerprint density at radius 2 is 1.90 bits per heavy atom. The lowest BCUT2D eigenvalue weighted by molar-refractivity contribution is -0.0831. The van der Waals surface area contributed by atoms with Gasteiger partial charge >= 0.3 is 0 Å². The molecule has 12 heteroatoms. The summed E-state index contributed by atoms with van der Waals surface area (Å²) >= 11 is 0. The third-order valence-corrected chi connectivity index (χ3v) is 8.87. The smallest absolute Gasteiger partial charge is 0.171 e. The highest BCUT2D eigenvalue weighted by atomic mass is 19.1. The van der Waals surface area contributed by atoms with Crippen LogP contribution < -0.4 is 25.3 Å². The van der Waals surface area contributed by atoms with Crippen LogP contribution >= 0.6 is 0 Å². The maximum absolute atomic E-state index is 14.8. The highest BCUT2D eigenvalue weighted by Gasteiger charge is 2.45. The van der Waals surface area contributed by atoms with Crippen molar-refractivity contribution in [3.05, 3.63) is 42.5 Å². The summed E-state index contributed by atoms with van der Waals surface area (Å²) in [5.41, 5.74) is 2.50. The van der Waals surface area contributed by atoms with Crippen molar-refractivity contribution in [1.29, 1.82) is 0 Å². The Labute approximate surface area is 240 Å². The number of hydrogen-bond donors (Lipinski definition) is 2. The van der Waals surface area contributed by atoms with Crippen LogP contribution in [0.15, 0.2) is 36.7 Å². The summed E-state index contributed by atoms with van der Waals surface area (Å²) in [5, 5.41) is 10.8. The number of nitrogens with zero attached hydrogens (tertiary/aromatic N) is 7. The van der Waals surface area contributed by atoms with Crippen molar-refractivity contribution >= 4 is 28.5 Å². The second-order valence-corrected chi connectivity index (χ2v) is 11.8. The predicted octanol–water partition coefficient (Wildman–Crippen LogP) is 1.50. The van der Waals surface area contributed by atoms with Gasteiger partial charge in [-0.05, 0) is 31.2 Å². The first-order valence-electron chi connectivity index (χ1n) is 14.8. The zero-order valence-electron chi connectivity index (χ0n) is 23.9. The van der Waals surface area contributed by atoms with E-state index in [1.165, 1.54) is 11.9 Å². The molecule has 0 aliphatic carbocycles. The highest BCUT2D eigenvalue weighted by Crippen LogP contribution is 2.32. The van der Waals surface area contributed by atoms with Crippen LogP contribution in [0.5, 0.6) is 0 Å². The van der Waals surface area contributed by atoms with Gasteiger partial charge < -0.3 is 34.8 Å². The molecule has 0 aromatic carbocycles. The van der Waals surface area contributed by atoms with Gasteiger partial charge in [0.2, 0.25) is 0 Å². The molecule has 220 valence electrons. The van der Waals surface area contributed by atoms with Gasteiger partial charge in [0.05, 0.1) is 55.7 Å². The first-order chi connectivity index (χ1) is 20.0. The molecule has 2 N–H and O–H groups in total. The van der Waals surface area contributed by atoms with Crippen LogP contribution in [-0.2, 0) is 9.47 Å². The van der Waals surface area contributed by atoms with Gasteiger partial charge in [-0.25, -0.2) is 13.9 Å². The molecule has 4 fully saturated rings. The number of pyridine rings is 2. The molecule has 0 unspecified atom stereocenters. The maximum atomic E-state index is 14.8. The first kappa shape index (κ1) is 26.7. The predicted molar refractivity (Wildman–Crippen MR) is 158 cm³/mol. The van der Waals surface area contributed by atoms with E-state index in [2.05, 4.69) is 54.4 Å². The normalized spacial score (nSPS) is 25.1. The number of hydrogen-bond acceptors (Lipinski definition) is 10. The third-order valence-electron chi connectivity index (χ3n) is 8.87. The van der Waals surface area contributed by atoms with E-state index in [9.17, 15) is 4.39 Å². The first-order valence-corrected chi connectivity index (χ1v) is 14.8. The van der Waals surface area contributed by atoms with E-state index in [0.717, 1.165) is 89.4 Å². The van der Waals surface area contributed by atoms with Gasteiger partial charge in [-0.15, -0.1) is 0 Å². The molecule has 4 aliphatic heterocycles. The summed E-state index contributed by atoms with van der Waals surface area (Å²) in [6.45, 7) is 12.7. The highest BCUT2D eigenvalue weighted by molar-refractivity contribution is 5.76. The van der Waals surface area contributed by atoms with Gasteiger partial charge in [-0.2, -0.15) is 5.10 Å². The summed E-state index contributed by atoms with van der Waals surface area (Å²) in [6, 6.07) is 8.27. The number of ether oxygens (including phenoxy) is 2. The number of morpholine rings is 2. The molecule has 3 aromatic rings. The molecule has 2 atom stereocenters. The fourth-order valence-corrected chi connectivity index (χ4v) is 6.79. The number of aromatic nitrogens is 3. The van der Waals surface area contributed by atoms with Gasteiger partial charge in [0.1, 0.15) is 22.8 Å². The molecule has 7 rings (SSSR count). The zero-order chi connectivity index (χ0) is 28.0. The molecule has 4 aliphatic rings. The Bertz CT molecular complexity index is 1350. The molecule has 1 spiro atoms. The van der Waals surface area contributed by atoms with Crippen LogP contribution in [-0.4, -0.2) is 123 Å². The molecule has 0 radical (unpaired) electrons. The lowest BCUT2D eigenvalue weighted by atomic mass is 9.92. The number of piperazine rings is 1. The molecule has 3 aromatic heterocycles. The third kappa shape index (κ3) is 5.18. The Hall–Kier alpha value is -3.19. The topological polar surface area (TPSA) is 85.7 Å².